The van der Waals surface area contributed by atoms with Crippen LogP contribution in [0.1, 0.15) is 11.1 Å². The second-order valence-electron chi connectivity index (χ2n) is 7.02. The van der Waals surface area contributed by atoms with Crippen LogP contribution in [0.3, 0.4) is 0 Å². The monoisotopic (exact) mass is 373 g/mol. The molecule has 3 aromatic carbocycles. The maximum absolute atomic E-state index is 9.15. The second kappa shape index (κ2) is 7.50. The van der Waals surface area contributed by atoms with E-state index < -0.39 is 0 Å². The number of hydrogen-bond donors (Lipinski definition) is 0. The summed E-state index contributed by atoms with van der Waals surface area (Å²) >= 11 is 0. The first-order valence-electron chi connectivity index (χ1n) is 9.40. The van der Waals surface area contributed by atoms with Gasteiger partial charge in [0.05, 0.1) is 5.69 Å². The largest absolute Gasteiger partial charge is 0.343 e. The SMILES string of the molecule is Cc1cc2c(-c3ccccc3)c(-c3ccccc3)n(C)c2cc1C=C(C#N)C#N. The molecular weight excluding hydrogens is 354 g/mol. The Morgan fingerprint density at radius 3 is 2.03 bits per heavy atom. The van der Waals surface area contributed by atoms with Crippen LogP contribution in [0.25, 0.3) is 39.4 Å². The van der Waals surface area contributed by atoms with Crippen LogP contribution in [0, 0.1) is 29.6 Å². The Labute approximate surface area is 170 Å². The van der Waals surface area contributed by atoms with Gasteiger partial charge in [-0.2, -0.15) is 10.5 Å². The summed E-state index contributed by atoms with van der Waals surface area (Å²) in [5.41, 5.74) is 7.73. The van der Waals surface area contributed by atoms with Crippen LogP contribution >= 0.6 is 0 Å². The Morgan fingerprint density at radius 1 is 0.862 bits per heavy atom. The molecule has 0 saturated heterocycles. The number of nitrogens with zero attached hydrogens (tertiary/aromatic N) is 3. The number of rotatable bonds is 3. The third kappa shape index (κ3) is 3.20. The van der Waals surface area contributed by atoms with Gasteiger partial charge in [0.2, 0.25) is 0 Å². The van der Waals surface area contributed by atoms with Gasteiger partial charge < -0.3 is 4.57 Å². The number of fused-ring (bicyclic) bond motifs is 1. The Morgan fingerprint density at radius 2 is 1.45 bits per heavy atom. The molecule has 0 unspecified atom stereocenters. The quantitative estimate of drug-likeness (QED) is 0.398. The summed E-state index contributed by atoms with van der Waals surface area (Å²) in [6.07, 6.45) is 1.66. The Kier molecular flexibility index (Phi) is 4.73. The lowest BCUT2D eigenvalue weighted by atomic mass is 9.96. The van der Waals surface area contributed by atoms with Crippen molar-refractivity contribution in [3.63, 3.8) is 0 Å². The van der Waals surface area contributed by atoms with E-state index in [1.165, 1.54) is 5.56 Å². The first kappa shape index (κ1) is 18.3. The van der Waals surface area contributed by atoms with Crippen LogP contribution in [0.5, 0.6) is 0 Å². The molecule has 0 radical (unpaired) electrons. The molecule has 1 heterocycles. The van der Waals surface area contributed by atoms with E-state index in [1.807, 2.05) is 43.3 Å². The highest BCUT2D eigenvalue weighted by Gasteiger charge is 2.19. The molecule has 1 aromatic heterocycles. The summed E-state index contributed by atoms with van der Waals surface area (Å²) in [5, 5.41) is 19.4. The molecule has 3 nitrogen and oxygen atoms in total. The minimum Gasteiger partial charge on any atom is -0.343 e. The Balaban J connectivity index is 2.09. The molecule has 0 N–H and O–H groups in total. The highest BCUT2D eigenvalue weighted by Crippen LogP contribution is 2.41. The van der Waals surface area contributed by atoms with Gasteiger partial charge in [0.25, 0.3) is 0 Å². The van der Waals surface area contributed by atoms with Gasteiger partial charge in [0.1, 0.15) is 17.7 Å². The van der Waals surface area contributed by atoms with Crippen molar-refractivity contribution in [2.24, 2.45) is 7.05 Å². The average molecular weight is 373 g/mol. The van der Waals surface area contributed by atoms with Crippen LogP contribution in [-0.2, 0) is 7.05 Å². The smallest absolute Gasteiger partial charge is 0.130 e. The number of aromatic nitrogens is 1. The molecule has 0 saturated carbocycles. The summed E-state index contributed by atoms with van der Waals surface area (Å²) in [5.74, 6) is 0. The molecule has 0 atom stereocenters. The molecule has 0 spiro atoms. The summed E-state index contributed by atoms with van der Waals surface area (Å²) in [6.45, 7) is 2.02. The lowest BCUT2D eigenvalue weighted by Crippen LogP contribution is -1.93. The standard InChI is InChI=1S/C26H19N3/c1-18-13-23-24(15-22(18)14-19(16-27)17-28)29(2)26(21-11-7-4-8-12-21)25(23)20-9-5-3-6-10-20/h3-15H,1-2H3. The van der Waals surface area contributed by atoms with Gasteiger partial charge in [0.15, 0.2) is 0 Å². The van der Waals surface area contributed by atoms with E-state index in [0.29, 0.717) is 0 Å². The van der Waals surface area contributed by atoms with Crippen LogP contribution in [0.2, 0.25) is 0 Å². The fraction of sp³-hybridized carbons (Fsp3) is 0.0769. The summed E-state index contributed by atoms with van der Waals surface area (Å²) in [4.78, 5) is 0. The van der Waals surface area contributed by atoms with E-state index in [2.05, 4.69) is 60.1 Å². The topological polar surface area (TPSA) is 52.5 Å². The highest BCUT2D eigenvalue weighted by atomic mass is 15.0. The Hall–Kier alpha value is -4.08. The van der Waals surface area contributed by atoms with Crippen LogP contribution in [0.15, 0.2) is 78.4 Å². The third-order valence-electron chi connectivity index (χ3n) is 5.24. The van der Waals surface area contributed by atoms with Crippen LogP contribution in [0.4, 0.5) is 0 Å². The average Bonchev–Trinajstić information content (AvgIpc) is 3.04. The molecule has 0 fully saturated rings. The first-order valence-corrected chi connectivity index (χ1v) is 9.40. The summed E-state index contributed by atoms with van der Waals surface area (Å²) in [6, 6.07) is 28.9. The van der Waals surface area contributed by atoms with Crippen molar-refractivity contribution in [3.8, 4) is 34.5 Å². The van der Waals surface area contributed by atoms with E-state index in [1.54, 1.807) is 6.08 Å². The fourth-order valence-electron chi connectivity index (χ4n) is 3.84. The number of aryl methyl sites for hydroxylation is 2. The van der Waals surface area contributed by atoms with Crippen molar-refractivity contribution >= 4 is 17.0 Å². The first-order chi connectivity index (χ1) is 14.1. The van der Waals surface area contributed by atoms with Gasteiger partial charge in [0, 0.05) is 23.5 Å². The highest BCUT2D eigenvalue weighted by molar-refractivity contribution is 6.05. The van der Waals surface area contributed by atoms with Crippen molar-refractivity contribution < 1.29 is 0 Å². The number of hydrogen-bond acceptors (Lipinski definition) is 2. The molecular formula is C26H19N3. The normalized spacial score (nSPS) is 10.3. The van der Waals surface area contributed by atoms with Crippen molar-refractivity contribution in [1.29, 1.82) is 10.5 Å². The minimum atomic E-state index is 0.105. The lowest BCUT2D eigenvalue weighted by molar-refractivity contribution is 0.978. The van der Waals surface area contributed by atoms with E-state index in [0.717, 1.165) is 38.9 Å². The van der Waals surface area contributed by atoms with Crippen molar-refractivity contribution in [3.05, 3.63) is 89.5 Å². The summed E-state index contributed by atoms with van der Waals surface area (Å²) in [7, 11) is 2.06. The fourth-order valence-corrected chi connectivity index (χ4v) is 3.84. The molecule has 3 heteroatoms. The lowest BCUT2D eigenvalue weighted by Gasteiger charge is -2.08. The van der Waals surface area contributed by atoms with E-state index in [4.69, 9.17) is 10.5 Å². The van der Waals surface area contributed by atoms with Crippen LogP contribution < -0.4 is 0 Å². The predicted octanol–water partition coefficient (Wildman–Crippen LogP) is 6.25. The van der Waals surface area contributed by atoms with Gasteiger partial charge in [-0.1, -0.05) is 60.7 Å². The number of nitriles is 2. The van der Waals surface area contributed by atoms with Crippen molar-refractivity contribution in [2.45, 2.75) is 6.92 Å². The van der Waals surface area contributed by atoms with E-state index >= 15 is 0 Å². The molecule has 0 aliphatic rings. The third-order valence-corrected chi connectivity index (χ3v) is 5.24. The summed E-state index contributed by atoms with van der Waals surface area (Å²) < 4.78 is 2.20. The molecule has 0 aliphatic carbocycles. The minimum absolute atomic E-state index is 0.105. The van der Waals surface area contributed by atoms with Gasteiger partial charge >= 0.3 is 0 Å². The zero-order valence-electron chi connectivity index (χ0n) is 16.3. The molecule has 138 valence electrons. The maximum Gasteiger partial charge on any atom is 0.130 e. The molecule has 29 heavy (non-hydrogen) atoms. The number of benzene rings is 3. The van der Waals surface area contributed by atoms with E-state index in [-0.39, 0.29) is 5.57 Å². The zero-order valence-corrected chi connectivity index (χ0v) is 16.3. The number of allylic oxidation sites excluding steroid dienone is 1. The second-order valence-corrected chi connectivity index (χ2v) is 7.02. The maximum atomic E-state index is 9.15. The molecule has 0 bridgehead atoms. The molecule has 4 aromatic rings. The van der Waals surface area contributed by atoms with Gasteiger partial charge in [-0.3, -0.25) is 0 Å². The van der Waals surface area contributed by atoms with Crippen molar-refractivity contribution in [2.75, 3.05) is 0 Å². The molecule has 4 rings (SSSR count). The van der Waals surface area contributed by atoms with E-state index in [9.17, 15) is 0 Å². The predicted molar refractivity (Wildman–Crippen MR) is 118 cm³/mol. The van der Waals surface area contributed by atoms with Gasteiger partial charge in [-0.05, 0) is 47.4 Å². The Bertz CT molecular complexity index is 1300. The van der Waals surface area contributed by atoms with Crippen LogP contribution in [-0.4, -0.2) is 4.57 Å². The van der Waals surface area contributed by atoms with Gasteiger partial charge in [-0.25, -0.2) is 0 Å². The molecule has 0 aliphatic heterocycles. The molecule has 0 amide bonds. The zero-order chi connectivity index (χ0) is 20.4. The van der Waals surface area contributed by atoms with Gasteiger partial charge in [-0.15, -0.1) is 0 Å². The van der Waals surface area contributed by atoms with Crippen molar-refractivity contribution in [1.82, 2.24) is 4.57 Å².